The summed E-state index contributed by atoms with van der Waals surface area (Å²) in [4.78, 5) is 0. The summed E-state index contributed by atoms with van der Waals surface area (Å²) in [6.45, 7) is 3.81. The molecule has 0 fully saturated rings. The molecule has 1 aromatic rings. The zero-order valence-corrected chi connectivity index (χ0v) is 8.53. The summed E-state index contributed by atoms with van der Waals surface area (Å²) in [5, 5.41) is 12.5. The van der Waals surface area contributed by atoms with Crippen molar-refractivity contribution in [1.82, 2.24) is 5.32 Å². The first-order chi connectivity index (χ1) is 6.83. The maximum absolute atomic E-state index is 9.21. The second-order valence-electron chi connectivity index (χ2n) is 3.20. The highest BCUT2D eigenvalue weighted by Gasteiger charge is 1.92. The highest BCUT2D eigenvalue weighted by atomic mass is 16.3. The molecule has 0 aliphatic rings. The summed E-state index contributed by atoms with van der Waals surface area (Å²) in [5.41, 5.74) is 1.12. The molecule has 0 aliphatic heterocycles. The van der Waals surface area contributed by atoms with Crippen molar-refractivity contribution in [1.29, 1.82) is 0 Å². The topological polar surface area (TPSA) is 32.3 Å². The minimum Gasteiger partial charge on any atom is -0.508 e. The summed E-state index contributed by atoms with van der Waals surface area (Å²) in [7, 11) is 0. The molecule has 0 saturated heterocycles. The first-order valence-electron chi connectivity index (χ1n) is 4.92. The largest absolute Gasteiger partial charge is 0.508 e. The van der Waals surface area contributed by atoms with Crippen LogP contribution in [-0.2, 0) is 6.54 Å². The van der Waals surface area contributed by atoms with E-state index in [9.17, 15) is 5.11 Å². The third kappa shape index (κ3) is 4.10. The fourth-order valence-electron chi connectivity index (χ4n) is 1.25. The Morgan fingerprint density at radius 3 is 3.00 bits per heavy atom. The van der Waals surface area contributed by atoms with Gasteiger partial charge in [-0.25, -0.2) is 0 Å². The Morgan fingerprint density at radius 2 is 2.29 bits per heavy atom. The molecule has 0 atom stereocenters. The normalized spacial score (nSPS) is 10.9. The summed E-state index contributed by atoms with van der Waals surface area (Å²) in [6.07, 6.45) is 5.24. The summed E-state index contributed by atoms with van der Waals surface area (Å²) in [6, 6.07) is 7.33. The lowest BCUT2D eigenvalue weighted by Crippen LogP contribution is -2.13. The molecule has 1 aromatic carbocycles. The maximum atomic E-state index is 9.21. The predicted octanol–water partition coefficient (Wildman–Crippen LogP) is 2.45. The SMILES string of the molecule is C/C=C/CCNCc1cccc(O)c1. The van der Waals surface area contributed by atoms with Crippen LogP contribution in [0.25, 0.3) is 0 Å². The van der Waals surface area contributed by atoms with Crippen LogP contribution < -0.4 is 5.32 Å². The van der Waals surface area contributed by atoms with Crippen LogP contribution in [0.1, 0.15) is 18.9 Å². The van der Waals surface area contributed by atoms with Gasteiger partial charge >= 0.3 is 0 Å². The minimum absolute atomic E-state index is 0.331. The molecule has 2 nitrogen and oxygen atoms in total. The Kier molecular flexibility index (Phi) is 4.79. The number of phenolic OH excluding ortho intramolecular Hbond substituents is 1. The zero-order chi connectivity index (χ0) is 10.2. The van der Waals surface area contributed by atoms with Gasteiger partial charge in [0.1, 0.15) is 5.75 Å². The number of aromatic hydroxyl groups is 1. The van der Waals surface area contributed by atoms with E-state index in [2.05, 4.69) is 17.5 Å². The molecule has 0 unspecified atom stereocenters. The second kappa shape index (κ2) is 6.22. The van der Waals surface area contributed by atoms with Crippen LogP contribution in [-0.4, -0.2) is 11.7 Å². The molecule has 0 radical (unpaired) electrons. The van der Waals surface area contributed by atoms with E-state index in [-0.39, 0.29) is 0 Å². The van der Waals surface area contributed by atoms with Gasteiger partial charge in [-0.1, -0.05) is 24.3 Å². The van der Waals surface area contributed by atoms with Gasteiger partial charge in [0.15, 0.2) is 0 Å². The van der Waals surface area contributed by atoms with Crippen molar-refractivity contribution in [2.24, 2.45) is 0 Å². The summed E-state index contributed by atoms with van der Waals surface area (Å²) >= 11 is 0. The standard InChI is InChI=1S/C12H17NO/c1-2-3-4-8-13-10-11-6-5-7-12(14)9-11/h2-3,5-7,9,13-14H,4,8,10H2,1H3/b3-2+. The molecule has 0 saturated carbocycles. The van der Waals surface area contributed by atoms with Gasteiger partial charge in [0, 0.05) is 6.54 Å². The van der Waals surface area contributed by atoms with Crippen molar-refractivity contribution in [3.05, 3.63) is 42.0 Å². The molecule has 1 rings (SSSR count). The lowest BCUT2D eigenvalue weighted by Gasteiger charge is -2.03. The van der Waals surface area contributed by atoms with Crippen molar-refractivity contribution in [2.75, 3.05) is 6.54 Å². The molecule has 0 spiro atoms. The summed E-state index contributed by atoms with van der Waals surface area (Å²) in [5.74, 6) is 0.331. The van der Waals surface area contributed by atoms with E-state index in [1.807, 2.05) is 19.1 Å². The first kappa shape index (κ1) is 10.8. The van der Waals surface area contributed by atoms with Crippen molar-refractivity contribution >= 4 is 0 Å². The van der Waals surface area contributed by atoms with Gasteiger partial charge in [0.25, 0.3) is 0 Å². The number of hydrogen-bond acceptors (Lipinski definition) is 2. The number of allylic oxidation sites excluding steroid dienone is 1. The van der Waals surface area contributed by atoms with Gasteiger partial charge in [0.2, 0.25) is 0 Å². The van der Waals surface area contributed by atoms with Crippen molar-refractivity contribution in [3.8, 4) is 5.75 Å². The Balaban J connectivity index is 2.24. The Labute approximate surface area is 85.3 Å². The van der Waals surface area contributed by atoms with E-state index in [0.29, 0.717) is 5.75 Å². The van der Waals surface area contributed by atoms with E-state index in [4.69, 9.17) is 0 Å². The van der Waals surface area contributed by atoms with Crippen LogP contribution in [0.4, 0.5) is 0 Å². The van der Waals surface area contributed by atoms with Gasteiger partial charge in [-0.05, 0) is 37.6 Å². The molecule has 76 valence electrons. The van der Waals surface area contributed by atoms with Crippen molar-refractivity contribution in [2.45, 2.75) is 19.9 Å². The predicted molar refractivity (Wildman–Crippen MR) is 59.2 cm³/mol. The van der Waals surface area contributed by atoms with Crippen LogP contribution >= 0.6 is 0 Å². The highest BCUT2D eigenvalue weighted by Crippen LogP contribution is 2.10. The number of rotatable bonds is 5. The average Bonchev–Trinajstić information content (AvgIpc) is 2.18. The molecule has 0 aliphatic carbocycles. The molecular formula is C12H17NO. The van der Waals surface area contributed by atoms with E-state index in [0.717, 1.165) is 25.1 Å². The van der Waals surface area contributed by atoms with Crippen LogP contribution in [0.15, 0.2) is 36.4 Å². The van der Waals surface area contributed by atoms with Gasteiger partial charge in [-0.2, -0.15) is 0 Å². The Bertz CT molecular complexity index is 294. The number of benzene rings is 1. The molecule has 0 heterocycles. The monoisotopic (exact) mass is 191 g/mol. The third-order valence-electron chi connectivity index (χ3n) is 1.96. The quantitative estimate of drug-likeness (QED) is 0.553. The molecule has 0 aromatic heterocycles. The number of phenols is 1. The maximum Gasteiger partial charge on any atom is 0.115 e. The highest BCUT2D eigenvalue weighted by molar-refractivity contribution is 5.26. The van der Waals surface area contributed by atoms with E-state index in [1.165, 1.54) is 0 Å². The molecule has 2 N–H and O–H groups in total. The Hall–Kier alpha value is -1.28. The molecule has 0 amide bonds. The number of hydrogen-bond donors (Lipinski definition) is 2. The van der Waals surface area contributed by atoms with Crippen molar-refractivity contribution < 1.29 is 5.11 Å². The average molecular weight is 191 g/mol. The van der Waals surface area contributed by atoms with Crippen LogP contribution in [0.3, 0.4) is 0 Å². The van der Waals surface area contributed by atoms with Crippen LogP contribution in [0.2, 0.25) is 0 Å². The second-order valence-corrected chi connectivity index (χ2v) is 3.20. The Morgan fingerprint density at radius 1 is 1.43 bits per heavy atom. The van der Waals surface area contributed by atoms with E-state index < -0.39 is 0 Å². The van der Waals surface area contributed by atoms with Gasteiger partial charge in [-0.15, -0.1) is 0 Å². The lowest BCUT2D eigenvalue weighted by molar-refractivity contribution is 0.474. The zero-order valence-electron chi connectivity index (χ0n) is 8.53. The fourth-order valence-corrected chi connectivity index (χ4v) is 1.25. The van der Waals surface area contributed by atoms with Gasteiger partial charge in [-0.3, -0.25) is 0 Å². The minimum atomic E-state index is 0.331. The van der Waals surface area contributed by atoms with Crippen LogP contribution in [0.5, 0.6) is 5.75 Å². The molecule has 14 heavy (non-hydrogen) atoms. The number of nitrogens with one attached hydrogen (secondary N) is 1. The smallest absolute Gasteiger partial charge is 0.115 e. The van der Waals surface area contributed by atoms with Gasteiger partial charge in [0.05, 0.1) is 0 Å². The lowest BCUT2D eigenvalue weighted by atomic mass is 10.2. The first-order valence-corrected chi connectivity index (χ1v) is 4.92. The van der Waals surface area contributed by atoms with Crippen LogP contribution in [0, 0.1) is 0 Å². The molecule has 2 heteroatoms. The van der Waals surface area contributed by atoms with Gasteiger partial charge < -0.3 is 10.4 Å². The summed E-state index contributed by atoms with van der Waals surface area (Å²) < 4.78 is 0. The van der Waals surface area contributed by atoms with E-state index in [1.54, 1.807) is 12.1 Å². The molecular weight excluding hydrogens is 174 g/mol. The van der Waals surface area contributed by atoms with E-state index >= 15 is 0 Å². The molecule has 0 bridgehead atoms. The van der Waals surface area contributed by atoms with Crippen molar-refractivity contribution in [3.63, 3.8) is 0 Å². The third-order valence-corrected chi connectivity index (χ3v) is 1.96. The fraction of sp³-hybridized carbons (Fsp3) is 0.333.